The smallest absolute Gasteiger partial charge is 0.207 e. The van der Waals surface area contributed by atoms with E-state index in [9.17, 15) is 8.42 Å². The minimum atomic E-state index is -3.33. The van der Waals surface area contributed by atoms with Crippen molar-refractivity contribution in [3.05, 3.63) is 28.7 Å². The number of rotatable bonds is 4. The average Bonchev–Trinajstić information content (AvgIpc) is 2.66. The lowest BCUT2D eigenvalue weighted by molar-refractivity contribution is 0.400. The molecule has 0 spiro atoms. The Morgan fingerprint density at radius 3 is 2.55 bits per heavy atom. The highest BCUT2D eigenvalue weighted by atomic mass is 79.9. The van der Waals surface area contributed by atoms with Gasteiger partial charge in [0, 0.05) is 17.6 Å². The van der Waals surface area contributed by atoms with E-state index in [1.54, 1.807) is 28.6 Å². The van der Waals surface area contributed by atoms with Gasteiger partial charge in [0.1, 0.15) is 0 Å². The Morgan fingerprint density at radius 2 is 1.90 bits per heavy atom. The highest BCUT2D eigenvalue weighted by molar-refractivity contribution is 9.10. The van der Waals surface area contributed by atoms with E-state index < -0.39 is 10.0 Å². The third-order valence-corrected chi connectivity index (χ3v) is 6.40. The van der Waals surface area contributed by atoms with Crippen molar-refractivity contribution in [1.29, 1.82) is 0 Å². The van der Waals surface area contributed by atoms with Crippen LogP contribution < -0.4 is 0 Å². The van der Waals surface area contributed by atoms with E-state index in [-0.39, 0.29) is 0 Å². The van der Waals surface area contributed by atoms with E-state index in [0.29, 0.717) is 23.9 Å². The van der Waals surface area contributed by atoms with Crippen LogP contribution in [0.3, 0.4) is 0 Å². The van der Waals surface area contributed by atoms with Crippen molar-refractivity contribution in [2.75, 3.05) is 13.1 Å². The van der Waals surface area contributed by atoms with Crippen molar-refractivity contribution in [2.45, 2.75) is 43.9 Å². The number of hydrogen-bond acceptors (Lipinski definition) is 2. The summed E-state index contributed by atoms with van der Waals surface area (Å²) >= 11 is 3.34. The molecule has 1 aromatic carbocycles. The first kappa shape index (κ1) is 16.0. The molecule has 1 unspecified atom stereocenters. The summed E-state index contributed by atoms with van der Waals surface area (Å²) in [6.07, 6.45) is 5.51. The summed E-state index contributed by atoms with van der Waals surface area (Å²) in [6.45, 7) is 3.50. The first-order valence-corrected chi connectivity index (χ1v) is 9.53. The number of sulfonamides is 1. The van der Waals surface area contributed by atoms with Crippen LogP contribution in [0.25, 0.3) is 0 Å². The van der Waals surface area contributed by atoms with E-state index >= 15 is 0 Å². The highest BCUT2D eigenvalue weighted by Gasteiger charge is 2.27. The van der Waals surface area contributed by atoms with Crippen molar-refractivity contribution in [3.8, 4) is 0 Å². The molecule has 1 atom stereocenters. The molecule has 0 amide bonds. The third kappa shape index (κ3) is 3.83. The fourth-order valence-electron chi connectivity index (χ4n) is 2.83. The van der Waals surface area contributed by atoms with E-state index in [0.717, 1.165) is 23.7 Å². The van der Waals surface area contributed by atoms with Gasteiger partial charge in [-0.15, -0.1) is 0 Å². The molecular formula is C15H22BrNO2S. The zero-order valence-electron chi connectivity index (χ0n) is 11.9. The van der Waals surface area contributed by atoms with Crippen LogP contribution in [-0.2, 0) is 10.0 Å². The summed E-state index contributed by atoms with van der Waals surface area (Å²) in [5, 5.41) is 0. The molecule has 0 N–H and O–H groups in total. The van der Waals surface area contributed by atoms with Crippen molar-refractivity contribution >= 4 is 26.0 Å². The summed E-state index contributed by atoms with van der Waals surface area (Å²) in [4.78, 5) is 0.398. The standard InChI is InChI=1S/C15H22BrNO2S/c1-2-4-13-5-3-11-17(12-10-13)20(18,19)15-8-6-14(16)7-9-15/h6-9,13H,2-5,10-12H2,1H3. The molecule has 112 valence electrons. The van der Waals surface area contributed by atoms with Gasteiger partial charge in [0.2, 0.25) is 10.0 Å². The Balaban J connectivity index is 2.11. The summed E-state index contributed by atoms with van der Waals surface area (Å²) < 4.78 is 27.8. The molecule has 2 rings (SSSR count). The lowest BCUT2D eigenvalue weighted by Crippen LogP contribution is -2.32. The fourth-order valence-corrected chi connectivity index (χ4v) is 4.59. The SMILES string of the molecule is CCCC1CCCN(S(=O)(=O)c2ccc(Br)cc2)CC1. The summed E-state index contributed by atoms with van der Waals surface area (Å²) in [5.41, 5.74) is 0. The summed E-state index contributed by atoms with van der Waals surface area (Å²) in [6, 6.07) is 6.91. The van der Waals surface area contributed by atoms with Gasteiger partial charge < -0.3 is 0 Å². The topological polar surface area (TPSA) is 37.4 Å². The lowest BCUT2D eigenvalue weighted by Gasteiger charge is -2.20. The molecule has 0 radical (unpaired) electrons. The fraction of sp³-hybridized carbons (Fsp3) is 0.600. The van der Waals surface area contributed by atoms with E-state index in [4.69, 9.17) is 0 Å². The van der Waals surface area contributed by atoms with Gasteiger partial charge in [0.15, 0.2) is 0 Å². The third-order valence-electron chi connectivity index (χ3n) is 3.95. The number of halogens is 1. The number of benzene rings is 1. The molecule has 3 nitrogen and oxygen atoms in total. The predicted octanol–water partition coefficient (Wildman–Crippen LogP) is 4.04. The van der Waals surface area contributed by atoms with Crippen LogP contribution in [0.5, 0.6) is 0 Å². The maximum atomic E-state index is 12.6. The molecule has 1 aliphatic heterocycles. The molecule has 1 heterocycles. The maximum Gasteiger partial charge on any atom is 0.243 e. The quantitative estimate of drug-likeness (QED) is 0.813. The van der Waals surface area contributed by atoms with Crippen LogP contribution in [0.15, 0.2) is 33.6 Å². The second kappa shape index (κ2) is 7.05. The van der Waals surface area contributed by atoms with E-state index in [1.165, 1.54) is 12.8 Å². The van der Waals surface area contributed by atoms with Crippen molar-refractivity contribution in [2.24, 2.45) is 5.92 Å². The van der Waals surface area contributed by atoms with Crippen LogP contribution in [0.1, 0.15) is 39.0 Å². The van der Waals surface area contributed by atoms with Crippen LogP contribution in [0.4, 0.5) is 0 Å². The second-order valence-corrected chi connectivity index (χ2v) is 8.30. The molecule has 0 bridgehead atoms. The van der Waals surface area contributed by atoms with Crippen LogP contribution in [0.2, 0.25) is 0 Å². The Hall–Kier alpha value is -0.390. The van der Waals surface area contributed by atoms with E-state index in [1.807, 2.05) is 0 Å². The minimum Gasteiger partial charge on any atom is -0.207 e. The summed E-state index contributed by atoms with van der Waals surface area (Å²) in [5.74, 6) is 0.685. The van der Waals surface area contributed by atoms with Gasteiger partial charge in [-0.25, -0.2) is 8.42 Å². The Labute approximate surface area is 130 Å². The molecule has 0 saturated carbocycles. The normalized spacial score (nSPS) is 21.6. The lowest BCUT2D eigenvalue weighted by atomic mass is 9.96. The monoisotopic (exact) mass is 359 g/mol. The highest BCUT2D eigenvalue weighted by Crippen LogP contribution is 2.26. The van der Waals surface area contributed by atoms with Crippen molar-refractivity contribution in [3.63, 3.8) is 0 Å². The molecule has 5 heteroatoms. The van der Waals surface area contributed by atoms with Gasteiger partial charge in [-0.2, -0.15) is 4.31 Å². The van der Waals surface area contributed by atoms with Crippen LogP contribution in [-0.4, -0.2) is 25.8 Å². The Kier molecular flexibility index (Phi) is 5.64. The van der Waals surface area contributed by atoms with Crippen molar-refractivity contribution < 1.29 is 8.42 Å². The largest absolute Gasteiger partial charge is 0.243 e. The minimum absolute atomic E-state index is 0.398. The first-order chi connectivity index (χ1) is 9.54. The van der Waals surface area contributed by atoms with E-state index in [2.05, 4.69) is 22.9 Å². The molecule has 20 heavy (non-hydrogen) atoms. The maximum absolute atomic E-state index is 12.6. The first-order valence-electron chi connectivity index (χ1n) is 7.29. The second-order valence-electron chi connectivity index (χ2n) is 5.44. The van der Waals surface area contributed by atoms with Gasteiger partial charge in [0.25, 0.3) is 0 Å². The zero-order chi connectivity index (χ0) is 14.6. The van der Waals surface area contributed by atoms with Gasteiger partial charge in [0.05, 0.1) is 4.90 Å². The zero-order valence-corrected chi connectivity index (χ0v) is 14.3. The Morgan fingerprint density at radius 1 is 1.20 bits per heavy atom. The van der Waals surface area contributed by atoms with Gasteiger partial charge in [-0.05, 0) is 49.4 Å². The molecule has 1 fully saturated rings. The average molecular weight is 360 g/mol. The molecule has 1 saturated heterocycles. The number of hydrogen-bond donors (Lipinski definition) is 0. The predicted molar refractivity (Wildman–Crippen MR) is 85.1 cm³/mol. The molecule has 1 aromatic rings. The molecule has 1 aliphatic rings. The summed E-state index contributed by atoms with van der Waals surface area (Å²) in [7, 11) is -3.33. The van der Waals surface area contributed by atoms with Gasteiger partial charge in [-0.3, -0.25) is 0 Å². The number of nitrogens with zero attached hydrogens (tertiary/aromatic N) is 1. The molecular weight excluding hydrogens is 338 g/mol. The van der Waals surface area contributed by atoms with Crippen molar-refractivity contribution in [1.82, 2.24) is 4.31 Å². The van der Waals surface area contributed by atoms with Gasteiger partial charge in [-0.1, -0.05) is 35.7 Å². The molecule has 0 aromatic heterocycles. The Bertz CT molecular complexity index is 527. The molecule has 0 aliphatic carbocycles. The van der Waals surface area contributed by atoms with Gasteiger partial charge >= 0.3 is 0 Å². The van der Waals surface area contributed by atoms with Crippen LogP contribution >= 0.6 is 15.9 Å². The van der Waals surface area contributed by atoms with Crippen LogP contribution in [0, 0.1) is 5.92 Å².